The van der Waals surface area contributed by atoms with Gasteiger partial charge >= 0.3 is 0 Å². The summed E-state index contributed by atoms with van der Waals surface area (Å²) in [6.45, 7) is 5.77. The second kappa shape index (κ2) is 7.59. The summed E-state index contributed by atoms with van der Waals surface area (Å²) in [7, 11) is 0. The van der Waals surface area contributed by atoms with Gasteiger partial charge in [-0.15, -0.1) is 0 Å². The third-order valence-electron chi connectivity index (χ3n) is 4.22. The third kappa shape index (κ3) is 4.42. The monoisotopic (exact) mass is 322 g/mol. The molecule has 0 saturated carbocycles. The molecule has 2 aromatic carbocycles. The maximum absolute atomic E-state index is 12.0. The lowest BCUT2D eigenvalue weighted by Gasteiger charge is -2.28. The average Bonchev–Trinajstić information content (AvgIpc) is 2.59. The minimum absolute atomic E-state index is 0.196. The van der Waals surface area contributed by atoms with E-state index in [-0.39, 0.29) is 11.2 Å². The van der Waals surface area contributed by atoms with Gasteiger partial charge in [0.15, 0.2) is 0 Å². The summed E-state index contributed by atoms with van der Waals surface area (Å²) in [5.74, 6) is 0.196. The van der Waals surface area contributed by atoms with Crippen LogP contribution in [-0.2, 0) is 10.4 Å². The van der Waals surface area contributed by atoms with Gasteiger partial charge in [-0.1, -0.05) is 93.6 Å². The predicted octanol–water partition coefficient (Wildman–Crippen LogP) is 4.87. The summed E-state index contributed by atoms with van der Waals surface area (Å²) in [4.78, 5) is 12.0. The van der Waals surface area contributed by atoms with E-state index in [9.17, 15) is 9.90 Å². The quantitative estimate of drug-likeness (QED) is 0.770. The molecule has 1 N–H and O–H groups in total. The molecule has 2 nitrogen and oxygen atoms in total. The normalized spacial score (nSPS) is 12.5. The van der Waals surface area contributed by atoms with Crippen molar-refractivity contribution in [2.24, 2.45) is 5.41 Å². The van der Waals surface area contributed by atoms with Crippen LogP contribution in [-0.4, -0.2) is 10.9 Å². The minimum atomic E-state index is -1.09. The van der Waals surface area contributed by atoms with Gasteiger partial charge in [-0.2, -0.15) is 0 Å². The fourth-order valence-electron chi connectivity index (χ4n) is 2.58. The number of hydrogen-bond donors (Lipinski definition) is 1. The zero-order valence-electron chi connectivity index (χ0n) is 14.7. The maximum Gasteiger partial charge on any atom is 0.141 e. The Morgan fingerprint density at radius 2 is 1.33 bits per heavy atom. The van der Waals surface area contributed by atoms with Crippen LogP contribution in [0, 0.1) is 5.41 Å². The van der Waals surface area contributed by atoms with Crippen molar-refractivity contribution in [3.05, 3.63) is 83.9 Å². The van der Waals surface area contributed by atoms with Gasteiger partial charge in [-0.05, 0) is 11.1 Å². The molecule has 2 rings (SSSR count). The second-order valence-corrected chi connectivity index (χ2v) is 7.15. The predicted molar refractivity (Wildman–Crippen MR) is 98.7 cm³/mol. The largest absolute Gasteiger partial charge is 0.380 e. The van der Waals surface area contributed by atoms with Crippen LogP contribution in [0.2, 0.25) is 0 Å². The van der Waals surface area contributed by atoms with Crippen molar-refractivity contribution in [1.82, 2.24) is 0 Å². The Labute approximate surface area is 144 Å². The first-order valence-electron chi connectivity index (χ1n) is 8.36. The molecule has 0 aliphatic rings. The SMILES string of the molecule is CC(C)(C)C(=O)C/C=C/CC(O)(c1ccccc1)c1ccccc1. The van der Waals surface area contributed by atoms with Gasteiger partial charge in [-0.3, -0.25) is 4.79 Å². The van der Waals surface area contributed by atoms with Crippen LogP contribution in [0.3, 0.4) is 0 Å². The van der Waals surface area contributed by atoms with E-state index in [1.54, 1.807) is 0 Å². The second-order valence-electron chi connectivity index (χ2n) is 7.15. The molecule has 0 radical (unpaired) electrons. The molecule has 0 aromatic heterocycles. The van der Waals surface area contributed by atoms with Gasteiger partial charge in [0.25, 0.3) is 0 Å². The van der Waals surface area contributed by atoms with E-state index in [1.165, 1.54) is 0 Å². The Hall–Kier alpha value is -2.19. The fraction of sp³-hybridized carbons (Fsp3) is 0.318. The molecule has 0 aliphatic carbocycles. The van der Waals surface area contributed by atoms with Crippen LogP contribution in [0.25, 0.3) is 0 Å². The van der Waals surface area contributed by atoms with E-state index in [1.807, 2.05) is 93.6 Å². The Bertz CT molecular complexity index is 639. The van der Waals surface area contributed by atoms with Gasteiger partial charge in [-0.25, -0.2) is 0 Å². The molecule has 0 heterocycles. The Morgan fingerprint density at radius 3 is 1.75 bits per heavy atom. The number of ketones is 1. The zero-order valence-corrected chi connectivity index (χ0v) is 14.7. The number of Topliss-reactive ketones (excluding diaryl/α,β-unsaturated/α-hetero) is 1. The lowest BCUT2D eigenvalue weighted by atomic mass is 9.83. The van der Waals surface area contributed by atoms with Crippen molar-refractivity contribution in [1.29, 1.82) is 0 Å². The van der Waals surface area contributed by atoms with Crippen LogP contribution >= 0.6 is 0 Å². The first-order chi connectivity index (χ1) is 11.3. The summed E-state index contributed by atoms with van der Waals surface area (Å²) < 4.78 is 0. The van der Waals surface area contributed by atoms with E-state index in [2.05, 4.69) is 0 Å². The highest BCUT2D eigenvalue weighted by Gasteiger charge is 2.30. The van der Waals surface area contributed by atoms with E-state index in [0.29, 0.717) is 12.8 Å². The van der Waals surface area contributed by atoms with E-state index in [4.69, 9.17) is 0 Å². The Kier molecular flexibility index (Phi) is 5.74. The highest BCUT2D eigenvalue weighted by molar-refractivity contribution is 5.84. The van der Waals surface area contributed by atoms with Crippen molar-refractivity contribution in [3.63, 3.8) is 0 Å². The highest BCUT2D eigenvalue weighted by atomic mass is 16.3. The molecule has 0 spiro atoms. The molecule has 0 amide bonds. The number of rotatable bonds is 6. The molecule has 0 unspecified atom stereocenters. The van der Waals surface area contributed by atoms with Gasteiger partial charge in [0, 0.05) is 18.3 Å². The van der Waals surface area contributed by atoms with Gasteiger partial charge in [0.05, 0.1) is 0 Å². The molecular weight excluding hydrogens is 296 g/mol. The number of aliphatic hydroxyl groups is 1. The Balaban J connectivity index is 2.21. The molecule has 126 valence electrons. The van der Waals surface area contributed by atoms with E-state index in [0.717, 1.165) is 11.1 Å². The third-order valence-corrected chi connectivity index (χ3v) is 4.22. The Morgan fingerprint density at radius 1 is 0.875 bits per heavy atom. The molecule has 2 aromatic rings. The number of carbonyl (C=O) groups excluding carboxylic acids is 1. The van der Waals surface area contributed by atoms with Crippen molar-refractivity contribution in [2.75, 3.05) is 0 Å². The lowest BCUT2D eigenvalue weighted by molar-refractivity contribution is -0.125. The fourth-order valence-corrected chi connectivity index (χ4v) is 2.58. The molecule has 0 atom stereocenters. The van der Waals surface area contributed by atoms with Crippen LogP contribution < -0.4 is 0 Å². The lowest BCUT2D eigenvalue weighted by Crippen LogP contribution is -2.26. The number of benzene rings is 2. The van der Waals surface area contributed by atoms with Crippen LogP contribution in [0.5, 0.6) is 0 Å². The number of allylic oxidation sites excluding steroid dienone is 1. The molecule has 0 fully saturated rings. The molecular formula is C22H26O2. The van der Waals surface area contributed by atoms with Gasteiger partial charge < -0.3 is 5.11 Å². The van der Waals surface area contributed by atoms with Crippen molar-refractivity contribution >= 4 is 5.78 Å². The summed E-state index contributed by atoms with van der Waals surface area (Å²) in [5.41, 5.74) is 0.273. The highest BCUT2D eigenvalue weighted by Crippen LogP contribution is 2.33. The summed E-state index contributed by atoms with van der Waals surface area (Å²) >= 11 is 0. The first kappa shape index (κ1) is 18.2. The van der Waals surface area contributed by atoms with Crippen LogP contribution in [0.15, 0.2) is 72.8 Å². The van der Waals surface area contributed by atoms with E-state index >= 15 is 0 Å². The molecule has 2 heteroatoms. The minimum Gasteiger partial charge on any atom is -0.380 e. The van der Waals surface area contributed by atoms with Gasteiger partial charge in [0.1, 0.15) is 11.4 Å². The molecule has 0 saturated heterocycles. The molecule has 24 heavy (non-hydrogen) atoms. The first-order valence-corrected chi connectivity index (χ1v) is 8.36. The molecule has 0 aliphatic heterocycles. The van der Waals surface area contributed by atoms with Crippen molar-refractivity contribution in [2.45, 2.75) is 39.2 Å². The molecule has 0 bridgehead atoms. The summed E-state index contributed by atoms with van der Waals surface area (Å²) in [6, 6.07) is 19.3. The number of hydrogen-bond acceptors (Lipinski definition) is 2. The van der Waals surface area contributed by atoms with E-state index < -0.39 is 5.60 Å². The maximum atomic E-state index is 12.0. The van der Waals surface area contributed by atoms with Crippen molar-refractivity contribution in [3.8, 4) is 0 Å². The summed E-state index contributed by atoms with van der Waals surface area (Å²) in [5, 5.41) is 11.3. The van der Waals surface area contributed by atoms with Crippen molar-refractivity contribution < 1.29 is 9.90 Å². The zero-order chi connectivity index (χ0) is 17.6. The number of carbonyl (C=O) groups is 1. The topological polar surface area (TPSA) is 37.3 Å². The average molecular weight is 322 g/mol. The van der Waals surface area contributed by atoms with Crippen LogP contribution in [0.1, 0.15) is 44.7 Å². The summed E-state index contributed by atoms with van der Waals surface area (Å²) in [6.07, 6.45) is 4.59. The smallest absolute Gasteiger partial charge is 0.141 e. The van der Waals surface area contributed by atoms with Gasteiger partial charge in [0.2, 0.25) is 0 Å². The van der Waals surface area contributed by atoms with Crippen LogP contribution in [0.4, 0.5) is 0 Å². The standard InChI is InChI=1S/C22H26O2/c1-21(2,3)20(23)16-10-11-17-22(24,18-12-6-4-7-13-18)19-14-8-5-9-15-19/h4-15,24H,16-17H2,1-3H3/b11-10+.